The Bertz CT molecular complexity index is 250. The minimum atomic E-state index is -1.05. The summed E-state index contributed by atoms with van der Waals surface area (Å²) in [6.07, 6.45) is -0.199. The molecule has 0 bridgehead atoms. The van der Waals surface area contributed by atoms with E-state index in [0.717, 1.165) is 0 Å². The predicted octanol–water partition coefficient (Wildman–Crippen LogP) is 1.52. The van der Waals surface area contributed by atoms with Crippen molar-refractivity contribution in [2.24, 2.45) is 5.92 Å². The molecule has 0 fully saturated rings. The van der Waals surface area contributed by atoms with Gasteiger partial charge in [0.05, 0.1) is 6.42 Å². The summed E-state index contributed by atoms with van der Waals surface area (Å²) in [5.74, 6) is -2.10. The first kappa shape index (κ1) is 11.7. The summed E-state index contributed by atoms with van der Waals surface area (Å²) in [5.41, 5.74) is 0.609. The van der Waals surface area contributed by atoms with Gasteiger partial charge in [-0.15, -0.1) is 0 Å². The van der Waals surface area contributed by atoms with Crippen LogP contribution in [0.1, 0.15) is 27.2 Å². The van der Waals surface area contributed by atoms with Gasteiger partial charge < -0.3 is 10.2 Å². The van der Waals surface area contributed by atoms with Gasteiger partial charge in [0, 0.05) is 5.57 Å². The highest BCUT2D eigenvalue weighted by Gasteiger charge is 2.15. The minimum Gasteiger partial charge on any atom is -0.481 e. The third-order valence-electron chi connectivity index (χ3n) is 1.84. The van der Waals surface area contributed by atoms with Gasteiger partial charge >= 0.3 is 11.9 Å². The van der Waals surface area contributed by atoms with Crippen molar-refractivity contribution in [3.05, 3.63) is 11.1 Å². The fourth-order valence-electron chi connectivity index (χ4n) is 1.07. The first-order chi connectivity index (χ1) is 5.86. The van der Waals surface area contributed by atoms with Crippen LogP contribution in [0.4, 0.5) is 0 Å². The number of hydrogen-bond acceptors (Lipinski definition) is 2. The Hall–Kier alpha value is -1.32. The van der Waals surface area contributed by atoms with Crippen LogP contribution in [0, 0.1) is 5.92 Å². The van der Waals surface area contributed by atoms with Crippen molar-refractivity contribution in [2.75, 3.05) is 0 Å². The lowest BCUT2D eigenvalue weighted by Crippen LogP contribution is -2.09. The number of hydrogen-bond donors (Lipinski definition) is 2. The molecule has 0 radical (unpaired) electrons. The van der Waals surface area contributed by atoms with Gasteiger partial charge in [-0.1, -0.05) is 13.8 Å². The lowest BCUT2D eigenvalue weighted by molar-refractivity contribution is -0.136. The third-order valence-corrected chi connectivity index (χ3v) is 1.84. The smallest absolute Gasteiger partial charge is 0.331 e. The van der Waals surface area contributed by atoms with Gasteiger partial charge in [0.25, 0.3) is 0 Å². The molecule has 0 aliphatic carbocycles. The fraction of sp³-hybridized carbons (Fsp3) is 0.556. The zero-order valence-corrected chi connectivity index (χ0v) is 8.00. The lowest BCUT2D eigenvalue weighted by atomic mass is 9.95. The number of carbonyl (C=O) groups is 2. The molecule has 0 spiro atoms. The topological polar surface area (TPSA) is 74.6 Å². The molecule has 0 unspecified atom stereocenters. The highest BCUT2D eigenvalue weighted by atomic mass is 16.4. The second kappa shape index (κ2) is 4.64. The van der Waals surface area contributed by atoms with Crippen LogP contribution in [0.15, 0.2) is 11.1 Å². The number of carboxylic acids is 2. The van der Waals surface area contributed by atoms with Crippen molar-refractivity contribution in [3.8, 4) is 0 Å². The van der Waals surface area contributed by atoms with E-state index in [1.165, 1.54) is 6.92 Å². The van der Waals surface area contributed by atoms with Crippen LogP contribution >= 0.6 is 0 Å². The Labute approximate surface area is 76.9 Å². The highest BCUT2D eigenvalue weighted by molar-refractivity contribution is 5.88. The van der Waals surface area contributed by atoms with Crippen molar-refractivity contribution >= 4 is 11.9 Å². The molecule has 0 saturated carbocycles. The molecular formula is C9H14O4. The van der Waals surface area contributed by atoms with E-state index >= 15 is 0 Å². The van der Waals surface area contributed by atoms with Crippen LogP contribution in [0.5, 0.6) is 0 Å². The maximum atomic E-state index is 10.6. The fourth-order valence-corrected chi connectivity index (χ4v) is 1.07. The van der Waals surface area contributed by atoms with Crippen molar-refractivity contribution in [1.82, 2.24) is 0 Å². The Morgan fingerprint density at radius 2 is 1.69 bits per heavy atom. The quantitative estimate of drug-likeness (QED) is 0.653. The van der Waals surface area contributed by atoms with E-state index in [-0.39, 0.29) is 17.9 Å². The first-order valence-corrected chi connectivity index (χ1v) is 4.01. The normalized spacial score (nSPS) is 12.6. The van der Waals surface area contributed by atoms with Crippen LogP contribution in [0.25, 0.3) is 0 Å². The lowest BCUT2D eigenvalue weighted by Gasteiger charge is -2.10. The summed E-state index contributed by atoms with van der Waals surface area (Å²) in [4.78, 5) is 21.0. The Balaban J connectivity index is 4.88. The molecule has 4 heteroatoms. The summed E-state index contributed by atoms with van der Waals surface area (Å²) in [6, 6.07) is 0. The van der Waals surface area contributed by atoms with E-state index in [2.05, 4.69) is 0 Å². The van der Waals surface area contributed by atoms with Gasteiger partial charge in [-0.25, -0.2) is 4.79 Å². The van der Waals surface area contributed by atoms with E-state index in [9.17, 15) is 9.59 Å². The molecule has 0 aromatic heterocycles. The summed E-state index contributed by atoms with van der Waals surface area (Å²) in [7, 11) is 0. The Kier molecular flexibility index (Phi) is 4.17. The van der Waals surface area contributed by atoms with E-state index in [0.29, 0.717) is 5.57 Å². The van der Waals surface area contributed by atoms with Crippen LogP contribution in [0.2, 0.25) is 0 Å². The average Bonchev–Trinajstić information content (AvgIpc) is 1.97. The van der Waals surface area contributed by atoms with Crippen LogP contribution in [-0.4, -0.2) is 22.2 Å². The molecule has 0 rings (SSSR count). The predicted molar refractivity (Wildman–Crippen MR) is 47.4 cm³/mol. The van der Waals surface area contributed by atoms with Gasteiger partial charge in [-0.05, 0) is 18.4 Å². The van der Waals surface area contributed by atoms with Gasteiger partial charge in [-0.2, -0.15) is 0 Å². The molecule has 0 atom stereocenters. The minimum absolute atomic E-state index is 0.0489. The summed E-state index contributed by atoms with van der Waals surface area (Å²) < 4.78 is 0. The van der Waals surface area contributed by atoms with E-state index in [1.807, 2.05) is 0 Å². The van der Waals surface area contributed by atoms with Crippen LogP contribution in [0.3, 0.4) is 0 Å². The van der Waals surface area contributed by atoms with Crippen LogP contribution in [-0.2, 0) is 9.59 Å². The first-order valence-electron chi connectivity index (χ1n) is 4.01. The van der Waals surface area contributed by atoms with Gasteiger partial charge in [0.2, 0.25) is 0 Å². The van der Waals surface area contributed by atoms with Crippen molar-refractivity contribution in [1.29, 1.82) is 0 Å². The molecule has 74 valence electrons. The molecule has 0 aliphatic rings. The van der Waals surface area contributed by atoms with Crippen LogP contribution < -0.4 is 0 Å². The largest absolute Gasteiger partial charge is 0.481 e. The molecule has 0 saturated heterocycles. The molecular weight excluding hydrogens is 172 g/mol. The average molecular weight is 186 g/mol. The van der Waals surface area contributed by atoms with Crippen molar-refractivity contribution in [3.63, 3.8) is 0 Å². The van der Waals surface area contributed by atoms with Crippen molar-refractivity contribution in [2.45, 2.75) is 27.2 Å². The third kappa shape index (κ3) is 3.73. The monoisotopic (exact) mass is 186 g/mol. The Morgan fingerprint density at radius 3 is 1.92 bits per heavy atom. The molecule has 0 aromatic carbocycles. The van der Waals surface area contributed by atoms with E-state index < -0.39 is 11.9 Å². The van der Waals surface area contributed by atoms with Gasteiger partial charge in [0.15, 0.2) is 0 Å². The Morgan fingerprint density at radius 1 is 1.23 bits per heavy atom. The second-order valence-corrected chi connectivity index (χ2v) is 3.18. The maximum absolute atomic E-state index is 10.6. The standard InChI is InChI=1S/C9H14O4/c1-5(2)7(4-8(10)11)6(3)9(12)13/h5H,4H2,1-3H3,(H,10,11)(H,12,13). The molecule has 13 heavy (non-hydrogen) atoms. The molecule has 0 heterocycles. The maximum Gasteiger partial charge on any atom is 0.331 e. The number of rotatable bonds is 4. The molecule has 2 N–H and O–H groups in total. The summed E-state index contributed by atoms with van der Waals surface area (Å²) in [5, 5.41) is 17.2. The SMILES string of the molecule is CC(C(=O)O)=C(CC(=O)O)C(C)C. The molecule has 4 nitrogen and oxygen atoms in total. The van der Waals surface area contributed by atoms with Gasteiger partial charge in [-0.3, -0.25) is 4.79 Å². The molecule has 0 aromatic rings. The highest BCUT2D eigenvalue weighted by Crippen LogP contribution is 2.18. The van der Waals surface area contributed by atoms with E-state index in [1.54, 1.807) is 13.8 Å². The van der Waals surface area contributed by atoms with Gasteiger partial charge in [0.1, 0.15) is 0 Å². The van der Waals surface area contributed by atoms with E-state index in [4.69, 9.17) is 10.2 Å². The number of aliphatic carboxylic acids is 2. The summed E-state index contributed by atoms with van der Waals surface area (Å²) in [6.45, 7) is 5.00. The van der Waals surface area contributed by atoms with Crippen molar-refractivity contribution < 1.29 is 19.8 Å². The number of carboxylic acid groups (broad SMARTS) is 2. The second-order valence-electron chi connectivity index (χ2n) is 3.18. The summed E-state index contributed by atoms with van der Waals surface area (Å²) >= 11 is 0. The zero-order valence-electron chi connectivity index (χ0n) is 8.00. The molecule has 0 aliphatic heterocycles. The molecule has 0 amide bonds. The zero-order chi connectivity index (χ0) is 10.6.